The van der Waals surface area contributed by atoms with Crippen molar-refractivity contribution >= 4 is 28.3 Å². The summed E-state index contributed by atoms with van der Waals surface area (Å²) in [6.45, 7) is 1.88. The first kappa shape index (κ1) is 16.9. The lowest BCUT2D eigenvalue weighted by Gasteiger charge is -2.23. The predicted molar refractivity (Wildman–Crippen MR) is 96.2 cm³/mol. The van der Waals surface area contributed by atoms with E-state index in [2.05, 4.69) is 10.3 Å². The minimum Gasteiger partial charge on any atom is -0.481 e. The Labute approximate surface area is 153 Å². The van der Waals surface area contributed by atoms with Crippen molar-refractivity contribution in [1.82, 2.24) is 4.98 Å². The van der Waals surface area contributed by atoms with Crippen LogP contribution in [0.25, 0.3) is 11.3 Å². The molecule has 134 valence electrons. The highest BCUT2D eigenvalue weighted by atomic mass is 32.1. The summed E-state index contributed by atoms with van der Waals surface area (Å²) in [6, 6.07) is 6.02. The van der Waals surface area contributed by atoms with Crippen molar-refractivity contribution < 1.29 is 19.1 Å². The van der Waals surface area contributed by atoms with Crippen molar-refractivity contribution in [3.63, 3.8) is 0 Å². The second kappa shape index (κ2) is 6.32. The van der Waals surface area contributed by atoms with E-state index in [0.29, 0.717) is 17.2 Å². The van der Waals surface area contributed by atoms with Gasteiger partial charge in [-0.3, -0.25) is 9.59 Å². The number of aryl methyl sites for hydroxylation is 1. The molecule has 0 aliphatic heterocycles. The first-order chi connectivity index (χ1) is 12.4. The lowest BCUT2D eigenvalue weighted by molar-refractivity contribution is -0.146. The third kappa shape index (κ3) is 2.82. The molecule has 0 saturated heterocycles. The number of carbonyl (C=O) groups excluding carboxylic acids is 1. The number of carboxylic acids is 1. The Bertz CT molecular complexity index is 906. The van der Waals surface area contributed by atoms with Gasteiger partial charge in [0.1, 0.15) is 5.82 Å². The number of halogens is 1. The Kier molecular flexibility index (Phi) is 4.11. The molecule has 26 heavy (non-hydrogen) atoms. The highest BCUT2D eigenvalue weighted by molar-refractivity contribution is 7.16. The van der Waals surface area contributed by atoms with Gasteiger partial charge in [-0.1, -0.05) is 12.2 Å². The molecule has 2 aliphatic rings. The van der Waals surface area contributed by atoms with Gasteiger partial charge >= 0.3 is 5.97 Å². The summed E-state index contributed by atoms with van der Waals surface area (Å²) in [5, 5.41) is 12.7. The first-order valence-corrected chi connectivity index (χ1v) is 9.21. The van der Waals surface area contributed by atoms with E-state index in [9.17, 15) is 19.1 Å². The number of aromatic nitrogens is 1. The molecule has 2 N–H and O–H groups in total. The van der Waals surface area contributed by atoms with E-state index in [-0.39, 0.29) is 23.6 Å². The SMILES string of the molecule is Cc1sc(NC(=O)[C@@H]2[C@H](C(=O)O)[C@H]3C=C[C@H]2C3)nc1-c1ccc(F)cc1. The lowest BCUT2D eigenvalue weighted by Crippen LogP contribution is -2.36. The molecule has 1 heterocycles. The van der Waals surface area contributed by atoms with Gasteiger partial charge in [0.2, 0.25) is 5.91 Å². The van der Waals surface area contributed by atoms with E-state index in [4.69, 9.17) is 0 Å². The van der Waals surface area contributed by atoms with Crippen LogP contribution in [-0.2, 0) is 9.59 Å². The maximum absolute atomic E-state index is 13.1. The van der Waals surface area contributed by atoms with E-state index < -0.39 is 17.8 Å². The number of aliphatic carboxylic acids is 1. The number of fused-ring (bicyclic) bond motifs is 2. The molecule has 1 aromatic carbocycles. The molecule has 2 aromatic rings. The van der Waals surface area contributed by atoms with E-state index in [1.807, 2.05) is 19.1 Å². The van der Waals surface area contributed by atoms with Crippen LogP contribution in [0.3, 0.4) is 0 Å². The summed E-state index contributed by atoms with van der Waals surface area (Å²) in [5.74, 6) is -2.89. The smallest absolute Gasteiger partial charge is 0.307 e. The zero-order valence-electron chi connectivity index (χ0n) is 14.0. The number of hydrogen-bond donors (Lipinski definition) is 2. The first-order valence-electron chi connectivity index (χ1n) is 8.39. The second-order valence-electron chi connectivity index (χ2n) is 6.76. The molecule has 4 rings (SSSR count). The van der Waals surface area contributed by atoms with Crippen LogP contribution in [0.2, 0.25) is 0 Å². The molecule has 1 fully saturated rings. The molecule has 1 saturated carbocycles. The summed E-state index contributed by atoms with van der Waals surface area (Å²) in [6.07, 6.45) is 4.57. The normalized spacial score (nSPS) is 26.2. The minimum absolute atomic E-state index is 0.0290. The van der Waals surface area contributed by atoms with E-state index >= 15 is 0 Å². The Balaban J connectivity index is 1.55. The molecule has 4 atom stereocenters. The van der Waals surface area contributed by atoms with Crippen molar-refractivity contribution in [1.29, 1.82) is 0 Å². The molecule has 1 aromatic heterocycles. The number of allylic oxidation sites excluding steroid dienone is 2. The largest absolute Gasteiger partial charge is 0.481 e. The molecule has 0 radical (unpaired) electrons. The van der Waals surface area contributed by atoms with Gasteiger partial charge in [-0.2, -0.15) is 0 Å². The molecule has 1 amide bonds. The second-order valence-corrected chi connectivity index (χ2v) is 7.96. The van der Waals surface area contributed by atoms with Gasteiger partial charge in [0.25, 0.3) is 0 Å². The monoisotopic (exact) mass is 372 g/mol. The van der Waals surface area contributed by atoms with Crippen LogP contribution in [0.4, 0.5) is 9.52 Å². The van der Waals surface area contributed by atoms with Gasteiger partial charge in [0.15, 0.2) is 5.13 Å². The number of benzene rings is 1. The van der Waals surface area contributed by atoms with E-state index in [1.54, 1.807) is 12.1 Å². The fraction of sp³-hybridized carbons (Fsp3) is 0.316. The van der Waals surface area contributed by atoms with Crippen LogP contribution in [0.15, 0.2) is 36.4 Å². The highest BCUT2D eigenvalue weighted by Gasteiger charge is 2.51. The van der Waals surface area contributed by atoms with Crippen molar-refractivity contribution in [2.45, 2.75) is 13.3 Å². The Hall–Kier alpha value is -2.54. The Morgan fingerprint density at radius 3 is 2.50 bits per heavy atom. The number of rotatable bonds is 4. The van der Waals surface area contributed by atoms with Gasteiger partial charge in [0, 0.05) is 10.4 Å². The molecule has 0 unspecified atom stereocenters. The van der Waals surface area contributed by atoms with Gasteiger partial charge < -0.3 is 10.4 Å². The maximum Gasteiger partial charge on any atom is 0.307 e. The van der Waals surface area contributed by atoms with Crippen molar-refractivity contribution in [3.8, 4) is 11.3 Å². The average Bonchev–Trinajstić information content (AvgIpc) is 3.29. The van der Waals surface area contributed by atoms with Gasteiger partial charge in [-0.05, 0) is 49.4 Å². The lowest BCUT2D eigenvalue weighted by atomic mass is 9.82. The predicted octanol–water partition coefficient (Wildman–Crippen LogP) is 3.72. The third-order valence-corrected chi connectivity index (χ3v) is 6.08. The van der Waals surface area contributed by atoms with E-state index in [0.717, 1.165) is 10.4 Å². The number of amides is 1. The summed E-state index contributed by atoms with van der Waals surface area (Å²) in [4.78, 5) is 29.7. The molecular formula is C19H17FN2O3S. The number of thiazole rings is 1. The number of carbonyl (C=O) groups is 2. The fourth-order valence-electron chi connectivity index (χ4n) is 4.03. The molecule has 2 bridgehead atoms. The molecule has 2 aliphatic carbocycles. The summed E-state index contributed by atoms with van der Waals surface area (Å²) < 4.78 is 13.1. The minimum atomic E-state index is -0.927. The zero-order valence-corrected chi connectivity index (χ0v) is 14.8. The van der Waals surface area contributed by atoms with E-state index in [1.165, 1.54) is 23.5 Å². The molecular weight excluding hydrogens is 355 g/mol. The highest BCUT2D eigenvalue weighted by Crippen LogP contribution is 2.48. The van der Waals surface area contributed by atoms with Crippen LogP contribution in [0.1, 0.15) is 11.3 Å². The summed E-state index contributed by atoms with van der Waals surface area (Å²) in [5.41, 5.74) is 1.46. The van der Waals surface area contributed by atoms with Gasteiger partial charge in [-0.15, -0.1) is 11.3 Å². The van der Waals surface area contributed by atoms with Gasteiger partial charge in [-0.25, -0.2) is 9.37 Å². The number of hydrogen-bond acceptors (Lipinski definition) is 4. The average molecular weight is 372 g/mol. The topological polar surface area (TPSA) is 79.3 Å². The number of anilines is 1. The third-order valence-electron chi connectivity index (χ3n) is 5.19. The number of nitrogens with one attached hydrogen (secondary N) is 1. The van der Waals surface area contributed by atoms with Crippen LogP contribution in [0, 0.1) is 36.4 Å². The molecule has 5 nitrogen and oxygen atoms in total. The fourth-order valence-corrected chi connectivity index (χ4v) is 4.87. The zero-order chi connectivity index (χ0) is 18.4. The van der Waals surface area contributed by atoms with Crippen molar-refractivity contribution in [2.24, 2.45) is 23.7 Å². The Morgan fingerprint density at radius 1 is 1.19 bits per heavy atom. The quantitative estimate of drug-likeness (QED) is 0.802. The standard InChI is InChI=1S/C19H17FN2O3S/c1-9-16(10-4-6-13(20)7-5-10)21-19(26-9)22-17(23)14-11-2-3-12(8-11)15(14)18(24)25/h2-7,11-12,14-15H,8H2,1H3,(H,24,25)(H,21,22,23)/t11-,12-,14-,15+/m0/s1. The summed E-state index contributed by atoms with van der Waals surface area (Å²) >= 11 is 1.33. The van der Waals surface area contributed by atoms with Gasteiger partial charge in [0.05, 0.1) is 17.5 Å². The molecule has 7 heteroatoms. The van der Waals surface area contributed by atoms with Crippen LogP contribution >= 0.6 is 11.3 Å². The number of nitrogens with zero attached hydrogens (tertiary/aromatic N) is 1. The summed E-state index contributed by atoms with van der Waals surface area (Å²) in [7, 11) is 0. The molecule has 0 spiro atoms. The van der Waals surface area contributed by atoms with Crippen LogP contribution < -0.4 is 5.32 Å². The Morgan fingerprint density at radius 2 is 1.85 bits per heavy atom. The maximum atomic E-state index is 13.1. The van der Waals surface area contributed by atoms with Crippen LogP contribution in [0.5, 0.6) is 0 Å². The van der Waals surface area contributed by atoms with Crippen LogP contribution in [-0.4, -0.2) is 22.0 Å². The van der Waals surface area contributed by atoms with Crippen molar-refractivity contribution in [2.75, 3.05) is 5.32 Å². The van der Waals surface area contributed by atoms with Crippen molar-refractivity contribution in [3.05, 3.63) is 47.1 Å². The number of carboxylic acid groups (broad SMARTS) is 1.